The molecule has 0 aliphatic heterocycles. The van der Waals surface area contributed by atoms with Gasteiger partial charge in [-0.3, -0.25) is 0 Å². The van der Waals surface area contributed by atoms with E-state index in [9.17, 15) is 0 Å². The van der Waals surface area contributed by atoms with Crippen LogP contribution in [0, 0.1) is 40.4 Å². The van der Waals surface area contributed by atoms with Crippen molar-refractivity contribution in [3.8, 4) is 0 Å². The Balaban J connectivity index is 1.71. The van der Waals surface area contributed by atoms with E-state index >= 15 is 0 Å². The van der Waals surface area contributed by atoms with Crippen molar-refractivity contribution in [1.29, 1.82) is 0 Å². The van der Waals surface area contributed by atoms with Crippen LogP contribution in [0.2, 0.25) is 0 Å². The fraction of sp³-hybridized carbons (Fsp3) is 1.00. The lowest BCUT2D eigenvalue weighted by molar-refractivity contribution is 0.154. The van der Waals surface area contributed by atoms with Crippen LogP contribution < -0.4 is 0 Å². The average molecular weight is 174 g/mol. The highest BCUT2D eigenvalue weighted by molar-refractivity contribution is 5.37. The lowest BCUT2D eigenvalue weighted by atomic mass is 9.72. The van der Waals surface area contributed by atoms with Crippen molar-refractivity contribution in [2.45, 2.75) is 39.0 Å². The van der Waals surface area contributed by atoms with E-state index in [0.29, 0.717) is 0 Å². The first-order valence-corrected chi connectivity index (χ1v) is 6.26. The maximum absolute atomic E-state index is 2.64. The summed E-state index contributed by atoms with van der Waals surface area (Å²) in [6.07, 6.45) is 8.12. The Morgan fingerprint density at radius 2 is 2.00 bits per heavy atom. The third-order valence-electron chi connectivity index (χ3n) is 7.01. The standard InChI is InChI=1S/C13H18/c1-12-6-13(12)5-9(13)10-7-2-3-8(4-7)11(10)12/h7-11H,2-6H2,1H3. The molecular formula is C13H18. The number of fused-ring (bicyclic) bond motifs is 7. The molecule has 1 spiro atoms. The largest absolute Gasteiger partial charge is 0.0588 e. The van der Waals surface area contributed by atoms with Crippen molar-refractivity contribution in [1.82, 2.24) is 0 Å². The van der Waals surface area contributed by atoms with Crippen LogP contribution in [0.5, 0.6) is 0 Å². The van der Waals surface area contributed by atoms with Crippen LogP contribution in [0.1, 0.15) is 39.0 Å². The molecule has 13 heavy (non-hydrogen) atoms. The zero-order valence-electron chi connectivity index (χ0n) is 8.42. The van der Waals surface area contributed by atoms with Crippen molar-refractivity contribution in [2.75, 3.05) is 0 Å². The first-order valence-electron chi connectivity index (χ1n) is 6.26. The van der Waals surface area contributed by atoms with Gasteiger partial charge in [-0.15, -0.1) is 0 Å². The SMILES string of the molecule is CC12CC13CC3C1C3CCC(C3)C12. The second kappa shape index (κ2) is 1.42. The van der Waals surface area contributed by atoms with Crippen LogP contribution in [0.3, 0.4) is 0 Å². The molecule has 2 bridgehead atoms. The summed E-state index contributed by atoms with van der Waals surface area (Å²) in [4.78, 5) is 0. The predicted molar refractivity (Wildman–Crippen MR) is 51.1 cm³/mol. The minimum absolute atomic E-state index is 0.877. The van der Waals surface area contributed by atoms with Crippen molar-refractivity contribution in [3.63, 3.8) is 0 Å². The second-order valence-electron chi connectivity index (χ2n) is 7.00. The zero-order valence-corrected chi connectivity index (χ0v) is 8.42. The predicted octanol–water partition coefficient (Wildman–Crippen LogP) is 3.08. The fourth-order valence-electron chi connectivity index (χ4n) is 6.62. The molecule has 0 saturated heterocycles. The highest BCUT2D eigenvalue weighted by Crippen LogP contribution is 2.95. The van der Waals surface area contributed by atoms with Gasteiger partial charge in [0, 0.05) is 0 Å². The Labute approximate surface area is 80.1 Å². The summed E-state index contributed by atoms with van der Waals surface area (Å²) in [7, 11) is 0. The Bertz CT molecular complexity index is 320. The van der Waals surface area contributed by atoms with Crippen molar-refractivity contribution < 1.29 is 0 Å². The number of hydrogen-bond acceptors (Lipinski definition) is 0. The van der Waals surface area contributed by atoms with E-state index in [-0.39, 0.29) is 0 Å². The summed E-state index contributed by atoms with van der Waals surface area (Å²) >= 11 is 0. The summed E-state index contributed by atoms with van der Waals surface area (Å²) in [6, 6.07) is 0. The molecule has 0 aromatic carbocycles. The third kappa shape index (κ3) is 0.427. The zero-order chi connectivity index (χ0) is 8.42. The van der Waals surface area contributed by atoms with Crippen molar-refractivity contribution in [3.05, 3.63) is 0 Å². The van der Waals surface area contributed by atoms with Gasteiger partial charge in [-0.1, -0.05) is 6.92 Å². The monoisotopic (exact) mass is 174 g/mol. The van der Waals surface area contributed by atoms with E-state index in [0.717, 1.165) is 10.8 Å². The lowest BCUT2D eigenvalue weighted by Gasteiger charge is -2.33. The van der Waals surface area contributed by atoms with Crippen LogP contribution >= 0.6 is 0 Å². The van der Waals surface area contributed by atoms with Crippen molar-refractivity contribution >= 4 is 0 Å². The van der Waals surface area contributed by atoms with Gasteiger partial charge in [-0.05, 0) is 72.5 Å². The van der Waals surface area contributed by atoms with Gasteiger partial charge in [0.1, 0.15) is 0 Å². The topological polar surface area (TPSA) is 0 Å². The van der Waals surface area contributed by atoms with Crippen LogP contribution in [-0.4, -0.2) is 0 Å². The Kier molecular flexibility index (Phi) is 0.707. The number of rotatable bonds is 0. The first kappa shape index (κ1) is 6.48. The normalized spacial score (nSPS) is 80.5. The summed E-state index contributed by atoms with van der Waals surface area (Å²) in [5.41, 5.74) is 1.84. The molecule has 0 aromatic heterocycles. The summed E-state index contributed by atoms with van der Waals surface area (Å²) in [5.74, 6) is 6.07. The molecule has 0 N–H and O–H groups in total. The van der Waals surface area contributed by atoms with E-state index in [2.05, 4.69) is 6.92 Å². The van der Waals surface area contributed by atoms with Gasteiger partial charge < -0.3 is 0 Å². The fourth-order valence-corrected chi connectivity index (χ4v) is 6.62. The minimum Gasteiger partial charge on any atom is -0.0588 e. The molecule has 0 nitrogen and oxygen atoms in total. The van der Waals surface area contributed by atoms with E-state index in [1.165, 1.54) is 29.6 Å². The summed E-state index contributed by atoms with van der Waals surface area (Å²) < 4.78 is 0. The van der Waals surface area contributed by atoms with Crippen molar-refractivity contribution in [2.24, 2.45) is 40.4 Å². The molecule has 5 aliphatic carbocycles. The Morgan fingerprint density at radius 3 is 2.85 bits per heavy atom. The van der Waals surface area contributed by atoms with Crippen LogP contribution in [0.4, 0.5) is 0 Å². The molecule has 0 heterocycles. The van der Waals surface area contributed by atoms with Gasteiger partial charge >= 0.3 is 0 Å². The molecule has 5 saturated carbocycles. The highest BCUT2D eigenvalue weighted by Gasteiger charge is 2.89. The van der Waals surface area contributed by atoms with E-state index in [1.54, 1.807) is 32.1 Å². The van der Waals surface area contributed by atoms with Gasteiger partial charge in [0.2, 0.25) is 0 Å². The maximum Gasteiger partial charge on any atom is -0.0201 e. The molecule has 0 heteroatoms. The summed E-state index contributed by atoms with van der Waals surface area (Å²) in [5, 5.41) is 0. The van der Waals surface area contributed by atoms with Gasteiger partial charge in [-0.25, -0.2) is 0 Å². The van der Waals surface area contributed by atoms with E-state index in [4.69, 9.17) is 0 Å². The third-order valence-corrected chi connectivity index (χ3v) is 7.01. The summed E-state index contributed by atoms with van der Waals surface area (Å²) in [6.45, 7) is 2.64. The number of hydrogen-bond donors (Lipinski definition) is 0. The Hall–Kier alpha value is 0. The molecular weight excluding hydrogens is 156 g/mol. The van der Waals surface area contributed by atoms with Gasteiger partial charge in [0.25, 0.3) is 0 Å². The van der Waals surface area contributed by atoms with Gasteiger partial charge in [-0.2, -0.15) is 0 Å². The molecule has 0 radical (unpaired) electrons. The van der Waals surface area contributed by atoms with E-state index < -0.39 is 0 Å². The molecule has 7 unspecified atom stereocenters. The minimum atomic E-state index is 0.877. The molecule has 5 fully saturated rings. The second-order valence-corrected chi connectivity index (χ2v) is 7.00. The average Bonchev–Trinajstić information content (AvgIpc) is 2.78. The lowest BCUT2D eigenvalue weighted by Crippen LogP contribution is -2.27. The molecule has 7 atom stereocenters. The van der Waals surface area contributed by atoms with Crippen LogP contribution in [0.25, 0.3) is 0 Å². The molecule has 0 aromatic rings. The molecule has 5 rings (SSSR count). The molecule has 0 amide bonds. The highest BCUT2D eigenvalue weighted by atomic mass is 14.9. The smallest absolute Gasteiger partial charge is 0.0201 e. The first-order chi connectivity index (χ1) is 6.26. The molecule has 70 valence electrons. The van der Waals surface area contributed by atoms with Crippen LogP contribution in [-0.2, 0) is 0 Å². The maximum atomic E-state index is 2.64. The van der Waals surface area contributed by atoms with Crippen LogP contribution in [0.15, 0.2) is 0 Å². The Morgan fingerprint density at radius 1 is 1.15 bits per heavy atom. The molecule has 5 aliphatic rings. The quantitative estimate of drug-likeness (QED) is 0.529. The van der Waals surface area contributed by atoms with E-state index in [1.807, 2.05) is 0 Å². The van der Waals surface area contributed by atoms with Gasteiger partial charge in [0.05, 0.1) is 0 Å². The van der Waals surface area contributed by atoms with Gasteiger partial charge in [0.15, 0.2) is 0 Å².